The zero-order valence-electron chi connectivity index (χ0n) is 21.0. The first-order valence-electron chi connectivity index (χ1n) is 11.9. The summed E-state index contributed by atoms with van der Waals surface area (Å²) in [6, 6.07) is 23.1. The molecule has 0 bridgehead atoms. The van der Waals surface area contributed by atoms with Crippen LogP contribution in [0, 0.1) is 0 Å². The van der Waals surface area contributed by atoms with Crippen molar-refractivity contribution < 1.29 is 28.3 Å². The Labute approximate surface area is 243 Å². The molecule has 4 rings (SSSR count). The van der Waals surface area contributed by atoms with Crippen LogP contribution in [0.2, 0.25) is 10.0 Å². The molecule has 0 saturated carbocycles. The summed E-state index contributed by atoms with van der Waals surface area (Å²) in [6.07, 6.45) is 1.17. The van der Waals surface area contributed by atoms with Crippen LogP contribution in [0.3, 0.4) is 0 Å². The Hall–Kier alpha value is -5.13. The summed E-state index contributed by atoms with van der Waals surface area (Å²) in [7, 11) is 0. The van der Waals surface area contributed by atoms with E-state index < -0.39 is 23.6 Å². The molecule has 0 aliphatic carbocycles. The van der Waals surface area contributed by atoms with Gasteiger partial charge in [0.2, 0.25) is 0 Å². The Kier molecular flexibility index (Phi) is 9.71. The van der Waals surface area contributed by atoms with Crippen LogP contribution in [0.5, 0.6) is 11.5 Å². The van der Waals surface area contributed by atoms with Crippen molar-refractivity contribution in [3.05, 3.63) is 106 Å². The minimum atomic E-state index is -1.00. The van der Waals surface area contributed by atoms with Crippen molar-refractivity contribution in [3.8, 4) is 11.5 Å². The lowest BCUT2D eigenvalue weighted by atomic mass is 10.3. The molecule has 13 heteroatoms. The van der Waals surface area contributed by atoms with Gasteiger partial charge < -0.3 is 25.1 Å². The highest BCUT2D eigenvalue weighted by molar-refractivity contribution is 6.43. The summed E-state index contributed by atoms with van der Waals surface area (Å²) in [4.78, 5) is 48.3. The molecule has 0 atom stereocenters. The van der Waals surface area contributed by atoms with Crippen LogP contribution >= 0.6 is 23.2 Å². The van der Waals surface area contributed by atoms with Crippen LogP contribution in [0.15, 0.2) is 94.4 Å². The zero-order chi connectivity index (χ0) is 29.2. The largest absolute Gasteiger partial charge is 0.458 e. The molecule has 41 heavy (non-hydrogen) atoms. The number of anilines is 2. The summed E-state index contributed by atoms with van der Waals surface area (Å²) in [5.74, 6) is -1.98. The molecule has 208 valence electrons. The van der Waals surface area contributed by atoms with Crippen LogP contribution < -0.4 is 26.1 Å². The maximum absolute atomic E-state index is 12.1. The predicted molar refractivity (Wildman–Crippen MR) is 153 cm³/mol. The maximum atomic E-state index is 12.1. The molecule has 0 saturated heterocycles. The molecule has 4 N–H and O–H groups in total. The Morgan fingerprint density at radius 1 is 0.732 bits per heavy atom. The van der Waals surface area contributed by atoms with Gasteiger partial charge in [0.15, 0.2) is 0 Å². The molecule has 3 aromatic carbocycles. The fraction of sp³-hybridized carbons (Fsp3) is 0.0357. The number of para-hydroxylation sites is 1. The van der Waals surface area contributed by atoms with E-state index in [9.17, 15) is 19.2 Å². The van der Waals surface area contributed by atoms with E-state index in [0.717, 1.165) is 0 Å². The summed E-state index contributed by atoms with van der Waals surface area (Å²) < 4.78 is 11.1. The van der Waals surface area contributed by atoms with E-state index in [0.29, 0.717) is 33.7 Å². The van der Waals surface area contributed by atoms with Crippen LogP contribution in [-0.2, 0) is 25.7 Å². The minimum absolute atomic E-state index is 0.0919. The van der Waals surface area contributed by atoms with Gasteiger partial charge in [-0.2, -0.15) is 5.10 Å². The second kappa shape index (κ2) is 13.8. The molecular formula is C28H21Cl2N5O6. The number of hydrogen-bond acceptors (Lipinski definition) is 7. The molecule has 0 fully saturated rings. The molecule has 1 aromatic heterocycles. The summed E-state index contributed by atoms with van der Waals surface area (Å²) in [5, 5.41) is 11.5. The van der Waals surface area contributed by atoms with Crippen molar-refractivity contribution in [1.29, 1.82) is 0 Å². The highest BCUT2D eigenvalue weighted by Gasteiger charge is 2.15. The SMILES string of the molecule is O=C(NCc1ccc(/C=N/NC(=O)C(=O)Nc2ccc(Oc3ccccc3)cc2)o1)C(=O)Nc1ccc(Cl)c(Cl)c1. The number of ether oxygens (including phenoxy) is 1. The van der Waals surface area contributed by atoms with Gasteiger partial charge in [0, 0.05) is 11.4 Å². The smallest absolute Gasteiger partial charge is 0.329 e. The third kappa shape index (κ3) is 8.68. The first kappa shape index (κ1) is 28.9. The Bertz CT molecular complexity index is 1590. The summed E-state index contributed by atoms with van der Waals surface area (Å²) in [6.45, 7) is -0.0919. The first-order valence-corrected chi connectivity index (χ1v) is 12.6. The lowest BCUT2D eigenvalue weighted by Crippen LogP contribution is -2.34. The van der Waals surface area contributed by atoms with Gasteiger partial charge >= 0.3 is 23.6 Å². The number of halogens is 2. The molecule has 4 aromatic rings. The highest BCUT2D eigenvalue weighted by atomic mass is 35.5. The lowest BCUT2D eigenvalue weighted by Gasteiger charge is -2.07. The summed E-state index contributed by atoms with van der Waals surface area (Å²) >= 11 is 11.7. The van der Waals surface area contributed by atoms with E-state index in [-0.39, 0.29) is 17.3 Å². The third-order valence-corrected chi connectivity index (χ3v) is 5.88. The van der Waals surface area contributed by atoms with Crippen LogP contribution in [0.4, 0.5) is 11.4 Å². The van der Waals surface area contributed by atoms with E-state index in [1.807, 2.05) is 30.3 Å². The van der Waals surface area contributed by atoms with Crippen LogP contribution in [0.1, 0.15) is 11.5 Å². The van der Waals surface area contributed by atoms with Crippen molar-refractivity contribution >= 4 is 64.4 Å². The Morgan fingerprint density at radius 2 is 1.39 bits per heavy atom. The second-order valence-electron chi connectivity index (χ2n) is 8.16. The molecule has 4 amide bonds. The fourth-order valence-corrected chi connectivity index (χ4v) is 3.49. The number of carbonyl (C=O) groups excluding carboxylic acids is 4. The lowest BCUT2D eigenvalue weighted by molar-refractivity contribution is -0.136. The number of nitrogens with one attached hydrogen (secondary N) is 4. The zero-order valence-corrected chi connectivity index (χ0v) is 22.5. The van der Waals surface area contributed by atoms with E-state index in [2.05, 4.69) is 26.5 Å². The fourth-order valence-electron chi connectivity index (χ4n) is 3.19. The van der Waals surface area contributed by atoms with Crippen molar-refractivity contribution in [2.24, 2.45) is 5.10 Å². The van der Waals surface area contributed by atoms with Gasteiger partial charge in [-0.15, -0.1) is 0 Å². The van der Waals surface area contributed by atoms with E-state index >= 15 is 0 Å². The molecule has 0 radical (unpaired) electrons. The standard InChI is InChI=1S/C28H21Cl2N5O6/c29-23-13-8-18(14-24(23)30)34-26(37)25(36)31-15-21-11-12-22(41-21)16-32-35-28(39)27(38)33-17-6-9-20(10-7-17)40-19-4-2-1-3-5-19/h1-14,16H,15H2,(H,31,36)(H,33,38)(H,34,37)(H,35,39)/b32-16+. The van der Waals surface area contributed by atoms with Crippen molar-refractivity contribution in [2.45, 2.75) is 6.54 Å². The summed E-state index contributed by atoms with van der Waals surface area (Å²) in [5.41, 5.74) is 2.78. The third-order valence-electron chi connectivity index (χ3n) is 5.14. The quantitative estimate of drug-likeness (QED) is 0.132. The minimum Gasteiger partial charge on any atom is -0.458 e. The number of hydrazone groups is 1. The van der Waals surface area contributed by atoms with Gasteiger partial charge in [0.1, 0.15) is 23.0 Å². The van der Waals surface area contributed by atoms with Gasteiger partial charge in [-0.25, -0.2) is 5.43 Å². The van der Waals surface area contributed by atoms with Crippen molar-refractivity contribution in [2.75, 3.05) is 10.6 Å². The number of rotatable bonds is 8. The Balaban J connectivity index is 1.19. The Morgan fingerprint density at radius 3 is 2.12 bits per heavy atom. The maximum Gasteiger partial charge on any atom is 0.329 e. The van der Waals surface area contributed by atoms with Gasteiger partial charge in [0.25, 0.3) is 0 Å². The number of carbonyl (C=O) groups is 4. The van der Waals surface area contributed by atoms with Crippen molar-refractivity contribution in [3.63, 3.8) is 0 Å². The van der Waals surface area contributed by atoms with Gasteiger partial charge in [-0.3, -0.25) is 19.2 Å². The molecular weight excluding hydrogens is 573 g/mol. The average molecular weight is 594 g/mol. The average Bonchev–Trinajstić information content (AvgIpc) is 3.42. The number of hydrogen-bond donors (Lipinski definition) is 4. The molecule has 0 spiro atoms. The number of benzene rings is 3. The van der Waals surface area contributed by atoms with Crippen LogP contribution in [0.25, 0.3) is 0 Å². The molecule has 0 aliphatic heterocycles. The molecule has 0 unspecified atom stereocenters. The van der Waals surface area contributed by atoms with Crippen LogP contribution in [-0.4, -0.2) is 29.8 Å². The van der Waals surface area contributed by atoms with Gasteiger partial charge in [0.05, 0.1) is 22.8 Å². The molecule has 1 heterocycles. The monoisotopic (exact) mass is 593 g/mol. The van der Waals surface area contributed by atoms with E-state index in [1.165, 1.54) is 36.5 Å². The number of amides is 4. The predicted octanol–water partition coefficient (Wildman–Crippen LogP) is 4.72. The van der Waals surface area contributed by atoms with Gasteiger partial charge in [-0.05, 0) is 66.7 Å². The number of nitrogens with zero attached hydrogens (tertiary/aromatic N) is 1. The molecule has 11 nitrogen and oxygen atoms in total. The second-order valence-corrected chi connectivity index (χ2v) is 8.98. The van der Waals surface area contributed by atoms with Crippen molar-refractivity contribution in [1.82, 2.24) is 10.7 Å². The normalized spacial score (nSPS) is 10.6. The van der Waals surface area contributed by atoms with E-state index in [1.54, 1.807) is 24.3 Å². The van der Waals surface area contributed by atoms with Gasteiger partial charge in [-0.1, -0.05) is 41.4 Å². The van der Waals surface area contributed by atoms with E-state index in [4.69, 9.17) is 32.4 Å². The highest BCUT2D eigenvalue weighted by Crippen LogP contribution is 2.25. The first-order chi connectivity index (χ1) is 19.8. The topological polar surface area (TPSA) is 151 Å². The molecule has 0 aliphatic rings. The number of furan rings is 1.